The molecule has 2 rings (SSSR count). The van der Waals surface area contributed by atoms with Gasteiger partial charge in [0.15, 0.2) is 0 Å². The number of ether oxygens (including phenoxy) is 1. The van der Waals surface area contributed by atoms with E-state index in [2.05, 4.69) is 4.99 Å². The minimum absolute atomic E-state index is 0.306. The minimum atomic E-state index is -0.306. The number of carbonyl (C=O) groups is 1. The lowest BCUT2D eigenvalue weighted by Crippen LogP contribution is -2.14. The Bertz CT molecular complexity index is 606. The van der Waals surface area contributed by atoms with Gasteiger partial charge in [-0.15, -0.1) is 0 Å². The Labute approximate surface area is 124 Å². The first-order valence-corrected chi connectivity index (χ1v) is 6.80. The largest absolute Gasteiger partial charge is 0.462 e. The van der Waals surface area contributed by atoms with Crippen LogP contribution in [0.2, 0.25) is 0 Å². The number of carbonyl (C=O) groups excluding carboxylic acids is 1. The van der Waals surface area contributed by atoms with Gasteiger partial charge in [-0.2, -0.15) is 0 Å². The number of benzene rings is 2. The van der Waals surface area contributed by atoms with Gasteiger partial charge in [-0.3, -0.25) is 4.99 Å². The molecule has 0 atom stereocenters. The molecule has 0 unspecified atom stereocenters. The summed E-state index contributed by atoms with van der Waals surface area (Å²) in [6.07, 6.45) is 1.74. The van der Waals surface area contributed by atoms with Crippen LogP contribution in [0.4, 0.5) is 11.4 Å². The van der Waals surface area contributed by atoms with Crippen molar-refractivity contribution in [1.29, 1.82) is 0 Å². The number of anilines is 2. The molecule has 0 N–H and O–H groups in total. The monoisotopic (exact) mass is 282 g/mol. The van der Waals surface area contributed by atoms with E-state index in [1.54, 1.807) is 32.4 Å². The fourth-order valence-electron chi connectivity index (χ4n) is 1.96. The number of rotatable bonds is 5. The third kappa shape index (κ3) is 3.69. The van der Waals surface area contributed by atoms with Crippen LogP contribution < -0.4 is 4.90 Å². The summed E-state index contributed by atoms with van der Waals surface area (Å²) in [5.74, 6) is -0.306. The molecule has 21 heavy (non-hydrogen) atoms. The van der Waals surface area contributed by atoms with Gasteiger partial charge in [0.05, 0.1) is 18.5 Å². The third-order valence-corrected chi connectivity index (χ3v) is 2.92. The van der Waals surface area contributed by atoms with Crippen molar-refractivity contribution in [3.8, 4) is 0 Å². The molecule has 0 saturated heterocycles. The second kappa shape index (κ2) is 7.24. The van der Waals surface area contributed by atoms with Gasteiger partial charge in [-0.25, -0.2) is 4.79 Å². The molecule has 0 aliphatic rings. The molecular weight excluding hydrogens is 264 g/mol. The maximum absolute atomic E-state index is 11.7. The highest BCUT2D eigenvalue weighted by Gasteiger charge is 2.09. The molecule has 4 heteroatoms. The zero-order valence-electron chi connectivity index (χ0n) is 12.2. The van der Waals surface area contributed by atoms with Crippen molar-refractivity contribution < 1.29 is 9.53 Å². The van der Waals surface area contributed by atoms with Crippen LogP contribution in [0.15, 0.2) is 59.6 Å². The molecule has 108 valence electrons. The summed E-state index contributed by atoms with van der Waals surface area (Å²) >= 11 is 0. The van der Waals surface area contributed by atoms with Crippen molar-refractivity contribution in [2.75, 3.05) is 18.6 Å². The van der Waals surface area contributed by atoms with E-state index in [1.807, 2.05) is 47.4 Å². The van der Waals surface area contributed by atoms with Crippen molar-refractivity contribution >= 4 is 23.7 Å². The highest BCUT2D eigenvalue weighted by atomic mass is 16.5. The zero-order chi connectivity index (χ0) is 15.1. The molecule has 0 aliphatic heterocycles. The van der Waals surface area contributed by atoms with Gasteiger partial charge in [-0.05, 0) is 43.3 Å². The summed E-state index contributed by atoms with van der Waals surface area (Å²) in [6, 6.07) is 17.2. The number of hydrogen-bond acceptors (Lipinski definition) is 3. The Morgan fingerprint density at radius 1 is 1.10 bits per heavy atom. The molecule has 0 aliphatic carbocycles. The number of nitrogens with zero attached hydrogens (tertiary/aromatic N) is 2. The molecule has 0 fully saturated rings. The lowest BCUT2D eigenvalue weighted by molar-refractivity contribution is 0.0526. The maximum atomic E-state index is 11.7. The Morgan fingerprint density at radius 3 is 2.29 bits per heavy atom. The van der Waals surface area contributed by atoms with E-state index in [0.29, 0.717) is 12.2 Å². The minimum Gasteiger partial charge on any atom is -0.462 e. The average Bonchev–Trinajstić information content (AvgIpc) is 2.54. The summed E-state index contributed by atoms with van der Waals surface area (Å²) < 4.78 is 4.98. The predicted octanol–water partition coefficient (Wildman–Crippen LogP) is 3.66. The molecule has 2 aromatic rings. The van der Waals surface area contributed by atoms with E-state index in [-0.39, 0.29) is 5.97 Å². The Hall–Kier alpha value is -2.62. The van der Waals surface area contributed by atoms with Crippen LogP contribution in [0.5, 0.6) is 0 Å². The molecule has 0 aromatic heterocycles. The lowest BCUT2D eigenvalue weighted by atomic mass is 10.2. The predicted molar refractivity (Wildman–Crippen MR) is 85.4 cm³/mol. The van der Waals surface area contributed by atoms with Gasteiger partial charge in [0, 0.05) is 18.4 Å². The molecule has 0 radical (unpaired) electrons. The van der Waals surface area contributed by atoms with E-state index in [1.165, 1.54) is 0 Å². The third-order valence-electron chi connectivity index (χ3n) is 2.92. The van der Waals surface area contributed by atoms with Crippen LogP contribution in [0.3, 0.4) is 0 Å². The number of aliphatic imine (C=N–C) groups is 1. The molecule has 2 aromatic carbocycles. The summed E-state index contributed by atoms with van der Waals surface area (Å²) in [5.41, 5.74) is 2.48. The molecule has 0 spiro atoms. The van der Waals surface area contributed by atoms with Crippen molar-refractivity contribution in [3.05, 3.63) is 60.2 Å². The van der Waals surface area contributed by atoms with Gasteiger partial charge < -0.3 is 9.64 Å². The van der Waals surface area contributed by atoms with Crippen LogP contribution in [0.25, 0.3) is 0 Å². The van der Waals surface area contributed by atoms with E-state index < -0.39 is 0 Å². The fourth-order valence-corrected chi connectivity index (χ4v) is 1.96. The first-order chi connectivity index (χ1) is 10.3. The van der Waals surface area contributed by atoms with E-state index in [0.717, 1.165) is 11.4 Å². The topological polar surface area (TPSA) is 41.9 Å². The first-order valence-electron chi connectivity index (χ1n) is 6.80. The molecule has 0 heterocycles. The molecule has 0 bridgehead atoms. The highest BCUT2D eigenvalue weighted by molar-refractivity contribution is 5.92. The highest BCUT2D eigenvalue weighted by Crippen LogP contribution is 2.24. The molecule has 4 nitrogen and oxygen atoms in total. The Kier molecular flexibility index (Phi) is 5.10. The van der Waals surface area contributed by atoms with Crippen molar-refractivity contribution in [2.45, 2.75) is 6.92 Å². The number of hydrogen-bond donors (Lipinski definition) is 0. The normalized spacial score (nSPS) is 10.6. The van der Waals surface area contributed by atoms with Crippen molar-refractivity contribution in [2.24, 2.45) is 4.99 Å². The van der Waals surface area contributed by atoms with E-state index >= 15 is 0 Å². The molecule has 0 amide bonds. The van der Waals surface area contributed by atoms with Crippen LogP contribution in [0, 0.1) is 0 Å². The summed E-state index contributed by atoms with van der Waals surface area (Å²) in [7, 11) is 1.73. The van der Waals surface area contributed by atoms with Crippen LogP contribution in [0.1, 0.15) is 17.3 Å². The lowest BCUT2D eigenvalue weighted by Gasteiger charge is -2.19. The summed E-state index contributed by atoms with van der Waals surface area (Å²) in [6.45, 7) is 2.17. The second-order valence-electron chi connectivity index (χ2n) is 4.35. The van der Waals surface area contributed by atoms with Crippen molar-refractivity contribution in [3.63, 3.8) is 0 Å². The van der Waals surface area contributed by atoms with Crippen LogP contribution in [-0.2, 0) is 4.74 Å². The quantitative estimate of drug-likeness (QED) is 0.477. The SMILES string of the molecule is CCOC(=O)c1ccc(N(C=NC)c2ccccc2)cc1. The van der Waals surface area contributed by atoms with E-state index in [4.69, 9.17) is 4.74 Å². The van der Waals surface area contributed by atoms with Gasteiger partial charge in [-0.1, -0.05) is 18.2 Å². The van der Waals surface area contributed by atoms with Crippen molar-refractivity contribution in [1.82, 2.24) is 0 Å². The van der Waals surface area contributed by atoms with E-state index in [9.17, 15) is 4.79 Å². The standard InChI is InChI=1S/C17H18N2O2/c1-3-21-17(20)14-9-11-16(12-10-14)19(13-18-2)15-7-5-4-6-8-15/h4-13H,3H2,1-2H3. The van der Waals surface area contributed by atoms with Crippen LogP contribution in [-0.4, -0.2) is 26.0 Å². The maximum Gasteiger partial charge on any atom is 0.338 e. The Morgan fingerprint density at radius 2 is 1.71 bits per heavy atom. The summed E-state index contributed by atoms with van der Waals surface area (Å²) in [4.78, 5) is 17.7. The zero-order valence-corrected chi connectivity index (χ0v) is 12.2. The van der Waals surface area contributed by atoms with Gasteiger partial charge >= 0.3 is 5.97 Å². The fraction of sp³-hybridized carbons (Fsp3) is 0.176. The molecule has 0 saturated carbocycles. The smallest absolute Gasteiger partial charge is 0.338 e. The Balaban J connectivity index is 2.28. The van der Waals surface area contributed by atoms with Gasteiger partial charge in [0.1, 0.15) is 0 Å². The molecular formula is C17H18N2O2. The number of esters is 1. The summed E-state index contributed by atoms with van der Waals surface area (Å²) in [5, 5.41) is 0. The van der Waals surface area contributed by atoms with Crippen LogP contribution >= 0.6 is 0 Å². The number of para-hydroxylation sites is 1. The van der Waals surface area contributed by atoms with Gasteiger partial charge in [0.25, 0.3) is 0 Å². The second-order valence-corrected chi connectivity index (χ2v) is 4.35. The van der Waals surface area contributed by atoms with Gasteiger partial charge in [0.2, 0.25) is 0 Å². The average molecular weight is 282 g/mol. The first kappa shape index (κ1) is 14.8.